The van der Waals surface area contributed by atoms with Gasteiger partial charge in [-0.3, -0.25) is 4.99 Å². The van der Waals surface area contributed by atoms with Crippen molar-refractivity contribution in [3.05, 3.63) is 107 Å². The van der Waals surface area contributed by atoms with Crippen LogP contribution in [0.25, 0.3) is 0 Å². The number of carbonyl (C=O) groups is 1. The molecule has 1 saturated carbocycles. The van der Waals surface area contributed by atoms with E-state index in [2.05, 4.69) is 78.5 Å². The lowest BCUT2D eigenvalue weighted by Gasteiger charge is -2.41. The van der Waals surface area contributed by atoms with E-state index in [9.17, 15) is 9.18 Å². The first kappa shape index (κ1) is 32.2. The number of nitrogens with zero attached hydrogens (tertiary/aromatic N) is 3. The average molecular weight is 616 g/mol. The van der Waals surface area contributed by atoms with E-state index < -0.39 is 5.54 Å². The number of hydrogen-bond acceptors (Lipinski definition) is 6. The van der Waals surface area contributed by atoms with Crippen molar-refractivity contribution in [2.24, 2.45) is 16.8 Å². The minimum atomic E-state index is -0.935. The summed E-state index contributed by atoms with van der Waals surface area (Å²) in [6.07, 6.45) is 8.04. The fourth-order valence-corrected chi connectivity index (χ4v) is 8.49. The van der Waals surface area contributed by atoms with Gasteiger partial charge in [0.2, 0.25) is 0 Å². The molecule has 0 N–H and O–H groups in total. The van der Waals surface area contributed by atoms with Crippen molar-refractivity contribution in [2.45, 2.75) is 61.9 Å². The molecule has 0 saturated heterocycles. The second kappa shape index (κ2) is 15.2. The van der Waals surface area contributed by atoms with Gasteiger partial charge in [0.25, 0.3) is 0 Å². The van der Waals surface area contributed by atoms with Crippen molar-refractivity contribution in [3.8, 4) is 0 Å². The maximum atomic E-state index is 14.1. The number of benzene rings is 3. The van der Waals surface area contributed by atoms with Crippen molar-refractivity contribution >= 4 is 24.1 Å². The number of esters is 1. The Labute approximate surface area is 266 Å². The fraction of sp³-hybridized carbons (Fsp3) is 0.459. The van der Waals surface area contributed by atoms with Crippen molar-refractivity contribution < 1.29 is 13.9 Å². The summed E-state index contributed by atoms with van der Waals surface area (Å²) in [4.78, 5) is 23.2. The number of ether oxygens (including phenoxy) is 1. The number of carbonyl (C=O) groups excluding carboxylic acids is 1. The number of methoxy groups -OCH3 is 1. The van der Waals surface area contributed by atoms with E-state index in [1.807, 2.05) is 24.5 Å². The van der Waals surface area contributed by atoms with Crippen LogP contribution in [0.15, 0.2) is 89.9 Å². The average Bonchev–Trinajstić information content (AvgIpc) is 3.39. The summed E-state index contributed by atoms with van der Waals surface area (Å²) in [5.74, 6) is 1.93. The third-order valence-corrected chi connectivity index (χ3v) is 10.7. The molecule has 3 atom stereocenters. The third kappa shape index (κ3) is 7.73. The van der Waals surface area contributed by atoms with Gasteiger partial charge in [-0.15, -0.1) is 0 Å². The number of thioether (sulfide) groups is 1. The van der Waals surface area contributed by atoms with Crippen LogP contribution in [0.1, 0.15) is 54.8 Å². The molecule has 2 aliphatic rings. The van der Waals surface area contributed by atoms with E-state index in [4.69, 9.17) is 9.73 Å². The van der Waals surface area contributed by atoms with E-state index in [1.165, 1.54) is 24.3 Å². The topological polar surface area (TPSA) is 45.1 Å². The first-order valence-electron chi connectivity index (χ1n) is 15.9. The second-order valence-corrected chi connectivity index (χ2v) is 13.6. The number of aliphatic imine (C=N–C) groups is 1. The molecule has 0 spiro atoms. The van der Waals surface area contributed by atoms with Gasteiger partial charge in [0, 0.05) is 24.1 Å². The Balaban J connectivity index is 1.32. The van der Waals surface area contributed by atoms with Crippen LogP contribution in [0, 0.1) is 17.7 Å². The Morgan fingerprint density at radius 2 is 1.68 bits per heavy atom. The Kier molecular flexibility index (Phi) is 11.2. The molecule has 3 unspecified atom stereocenters. The Bertz CT molecular complexity index is 1360. The maximum Gasteiger partial charge on any atom is 0.336 e. The second-order valence-electron chi connectivity index (χ2n) is 12.6. The van der Waals surface area contributed by atoms with Crippen LogP contribution in [0.2, 0.25) is 0 Å². The van der Waals surface area contributed by atoms with E-state index in [0.717, 1.165) is 56.4 Å². The van der Waals surface area contributed by atoms with Crippen LogP contribution in [0.5, 0.6) is 0 Å². The summed E-state index contributed by atoms with van der Waals surface area (Å²) >= 11 is 1.76. The minimum Gasteiger partial charge on any atom is -0.467 e. The van der Waals surface area contributed by atoms with Crippen molar-refractivity contribution in [1.82, 2.24) is 9.80 Å². The van der Waals surface area contributed by atoms with Gasteiger partial charge in [-0.2, -0.15) is 11.8 Å². The van der Waals surface area contributed by atoms with Gasteiger partial charge in [0.15, 0.2) is 5.54 Å². The lowest BCUT2D eigenvalue weighted by Crippen LogP contribution is -2.54. The van der Waals surface area contributed by atoms with Gasteiger partial charge < -0.3 is 14.5 Å². The normalized spacial score (nSPS) is 24.0. The quantitative estimate of drug-likeness (QED) is 0.187. The third-order valence-electron chi connectivity index (χ3n) is 9.50. The van der Waals surface area contributed by atoms with E-state index >= 15 is 0 Å². The highest BCUT2D eigenvalue weighted by Gasteiger charge is 2.52. The largest absolute Gasteiger partial charge is 0.467 e. The molecule has 44 heavy (non-hydrogen) atoms. The molecule has 0 bridgehead atoms. The minimum absolute atomic E-state index is 0.0589. The molecule has 5 nitrogen and oxygen atoms in total. The predicted octanol–water partition coefficient (Wildman–Crippen LogP) is 7.43. The molecule has 0 amide bonds. The molecule has 5 rings (SSSR count). The summed E-state index contributed by atoms with van der Waals surface area (Å²) in [6, 6.07) is 28.1. The fourth-order valence-electron chi connectivity index (χ4n) is 7.26. The maximum absolute atomic E-state index is 14.1. The molecular formula is C37H46FN3O2S. The molecule has 1 aliphatic carbocycles. The molecule has 1 aliphatic heterocycles. The first-order valence-corrected chi connectivity index (χ1v) is 17.0. The number of halogens is 1. The molecule has 0 aromatic heterocycles. The Morgan fingerprint density at radius 1 is 1.00 bits per heavy atom. The molecule has 1 heterocycles. The van der Waals surface area contributed by atoms with Crippen LogP contribution < -0.4 is 0 Å². The lowest BCUT2D eigenvalue weighted by atomic mass is 9.73. The molecule has 234 valence electrons. The first-order chi connectivity index (χ1) is 21.4. The van der Waals surface area contributed by atoms with E-state index in [-0.39, 0.29) is 23.9 Å². The van der Waals surface area contributed by atoms with Crippen LogP contribution in [-0.2, 0) is 21.7 Å². The van der Waals surface area contributed by atoms with Crippen LogP contribution in [0.4, 0.5) is 4.39 Å². The van der Waals surface area contributed by atoms with Crippen LogP contribution in [0.3, 0.4) is 0 Å². The number of hydrogen-bond donors (Lipinski definition) is 0. The predicted molar refractivity (Wildman–Crippen MR) is 179 cm³/mol. The monoisotopic (exact) mass is 615 g/mol. The highest BCUT2D eigenvalue weighted by Crippen LogP contribution is 2.43. The van der Waals surface area contributed by atoms with Gasteiger partial charge in [0.05, 0.1) is 19.5 Å². The van der Waals surface area contributed by atoms with Crippen molar-refractivity contribution in [3.63, 3.8) is 0 Å². The summed E-state index contributed by atoms with van der Waals surface area (Å²) < 4.78 is 19.6. The molecule has 7 heteroatoms. The molecular weight excluding hydrogens is 569 g/mol. The zero-order valence-corrected chi connectivity index (χ0v) is 27.1. The zero-order valence-electron chi connectivity index (χ0n) is 26.3. The van der Waals surface area contributed by atoms with Gasteiger partial charge in [0.1, 0.15) is 5.82 Å². The Hall–Kier alpha value is -3.16. The standard InChI is InChI=1S/C37H46FN3O2S/c1-40(2)35(32-15-10-16-33(38)24-32)31-19-17-29(18-20-31)23-34-37(36(42)43-3,26-44-25-30-13-8-5-9-14-30)39-27-41(34)22-21-28-11-6-4-7-12-28/h4-16,24,27,29,31,34-35H,17-23,25-26H2,1-3H3. The zero-order chi connectivity index (χ0) is 30.9. The van der Waals surface area contributed by atoms with Gasteiger partial charge in [-0.1, -0.05) is 85.6 Å². The van der Waals surface area contributed by atoms with Crippen molar-refractivity contribution in [2.75, 3.05) is 33.5 Å². The summed E-state index contributed by atoms with van der Waals surface area (Å²) in [7, 11) is 5.68. The summed E-state index contributed by atoms with van der Waals surface area (Å²) in [5, 5.41) is 0. The Morgan fingerprint density at radius 3 is 2.32 bits per heavy atom. The lowest BCUT2D eigenvalue weighted by molar-refractivity contribution is -0.147. The highest BCUT2D eigenvalue weighted by molar-refractivity contribution is 7.98. The molecule has 1 fully saturated rings. The van der Waals surface area contributed by atoms with E-state index in [0.29, 0.717) is 17.6 Å². The van der Waals surface area contributed by atoms with Gasteiger partial charge in [-0.05, 0) is 80.4 Å². The van der Waals surface area contributed by atoms with E-state index in [1.54, 1.807) is 17.8 Å². The van der Waals surface area contributed by atoms with Crippen LogP contribution in [-0.4, -0.2) is 67.2 Å². The molecule has 3 aromatic rings. The molecule has 3 aromatic carbocycles. The summed E-state index contributed by atoms with van der Waals surface area (Å²) in [6.45, 7) is 0.803. The number of rotatable bonds is 13. The van der Waals surface area contributed by atoms with Gasteiger partial charge in [-0.25, -0.2) is 9.18 Å². The van der Waals surface area contributed by atoms with Crippen LogP contribution >= 0.6 is 11.8 Å². The van der Waals surface area contributed by atoms with Crippen molar-refractivity contribution in [1.29, 1.82) is 0 Å². The van der Waals surface area contributed by atoms with Gasteiger partial charge >= 0.3 is 5.97 Å². The molecule has 0 radical (unpaired) electrons. The summed E-state index contributed by atoms with van der Waals surface area (Å²) in [5.41, 5.74) is 2.63. The SMILES string of the molecule is COC(=O)C1(CSCc2ccccc2)N=CN(CCc2ccccc2)C1CC1CCC(C(c2cccc(F)c2)N(C)C)CC1. The smallest absolute Gasteiger partial charge is 0.336 e. The highest BCUT2D eigenvalue weighted by atomic mass is 32.2.